The number of hydrogen-bond donors (Lipinski definition) is 0. The van der Waals surface area contributed by atoms with Gasteiger partial charge in [0.1, 0.15) is 5.60 Å². The molecule has 0 aromatic rings. The molecule has 0 spiro atoms. The Labute approximate surface area is 85.3 Å². The molecule has 0 radical (unpaired) electrons. The summed E-state index contributed by atoms with van der Waals surface area (Å²) < 4.78 is 5.61. The van der Waals surface area contributed by atoms with E-state index in [1.807, 2.05) is 13.0 Å². The molecule has 2 rings (SSSR count). The molecule has 0 amide bonds. The van der Waals surface area contributed by atoms with Crippen molar-refractivity contribution in [3.05, 3.63) is 12.7 Å². The average molecular weight is 194 g/mol. The molecular formula is C12H18O2. The fourth-order valence-electron chi connectivity index (χ4n) is 3.13. The molecule has 2 nitrogen and oxygen atoms in total. The third-order valence-electron chi connectivity index (χ3n) is 4.07. The molecule has 2 fully saturated rings. The average Bonchev–Trinajstić information content (AvgIpc) is 2.44. The minimum atomic E-state index is -0.364. The van der Waals surface area contributed by atoms with Crippen molar-refractivity contribution in [2.24, 2.45) is 11.3 Å². The van der Waals surface area contributed by atoms with Crippen LogP contribution in [0.4, 0.5) is 0 Å². The van der Waals surface area contributed by atoms with Crippen molar-refractivity contribution in [1.29, 1.82) is 0 Å². The molecule has 14 heavy (non-hydrogen) atoms. The van der Waals surface area contributed by atoms with E-state index in [0.717, 1.165) is 25.7 Å². The van der Waals surface area contributed by atoms with Gasteiger partial charge < -0.3 is 4.74 Å². The van der Waals surface area contributed by atoms with Gasteiger partial charge in [0.2, 0.25) is 0 Å². The van der Waals surface area contributed by atoms with Gasteiger partial charge in [-0.2, -0.15) is 0 Å². The number of rotatable bonds is 1. The van der Waals surface area contributed by atoms with Gasteiger partial charge in [0.05, 0.1) is 5.92 Å². The molecule has 0 unspecified atom stereocenters. The lowest BCUT2D eigenvalue weighted by molar-refractivity contribution is -0.183. The quantitative estimate of drug-likeness (QED) is 0.474. The van der Waals surface area contributed by atoms with Crippen LogP contribution in [0.3, 0.4) is 0 Å². The second-order valence-electron chi connectivity index (χ2n) is 5.03. The first-order chi connectivity index (χ1) is 6.53. The molecule has 1 saturated heterocycles. The summed E-state index contributed by atoms with van der Waals surface area (Å²) in [4.78, 5) is 11.6. The minimum absolute atomic E-state index is 0.0474. The van der Waals surface area contributed by atoms with Crippen molar-refractivity contribution >= 4 is 5.97 Å². The summed E-state index contributed by atoms with van der Waals surface area (Å²) in [7, 11) is 0. The molecule has 3 atom stereocenters. The first-order valence-electron chi connectivity index (χ1n) is 5.39. The van der Waals surface area contributed by atoms with E-state index in [1.54, 1.807) is 0 Å². The van der Waals surface area contributed by atoms with Gasteiger partial charge in [-0.25, -0.2) is 0 Å². The topological polar surface area (TPSA) is 26.3 Å². The highest BCUT2D eigenvalue weighted by atomic mass is 16.6. The van der Waals surface area contributed by atoms with Crippen molar-refractivity contribution in [3.8, 4) is 0 Å². The summed E-state index contributed by atoms with van der Waals surface area (Å²) in [5.41, 5.74) is -0.237. The summed E-state index contributed by atoms with van der Waals surface area (Å²) in [6.45, 7) is 8.03. The van der Waals surface area contributed by atoms with Crippen LogP contribution in [0.1, 0.15) is 39.5 Å². The molecule has 0 bridgehead atoms. The third kappa shape index (κ3) is 1.06. The normalized spacial score (nSPS) is 47.0. The van der Waals surface area contributed by atoms with Crippen molar-refractivity contribution < 1.29 is 9.53 Å². The van der Waals surface area contributed by atoms with Gasteiger partial charge in [-0.3, -0.25) is 4.79 Å². The predicted molar refractivity (Wildman–Crippen MR) is 54.8 cm³/mol. The van der Waals surface area contributed by atoms with Crippen LogP contribution in [0.15, 0.2) is 12.7 Å². The number of esters is 1. The maximum atomic E-state index is 11.6. The fourth-order valence-corrected chi connectivity index (χ4v) is 3.13. The standard InChI is InChI=1S/C12H18O2/c1-4-12-7-5-6-11(12,3)8-9(2)10(13)14-12/h4,9H,1,5-8H2,2-3H3/t9-,11-,12-/m0/s1. The predicted octanol–water partition coefficient (Wildman–Crippen LogP) is 2.68. The largest absolute Gasteiger partial charge is 0.454 e. The maximum Gasteiger partial charge on any atom is 0.309 e. The first kappa shape index (κ1) is 9.75. The lowest BCUT2D eigenvalue weighted by Crippen LogP contribution is -2.50. The molecule has 2 heteroatoms. The van der Waals surface area contributed by atoms with E-state index in [-0.39, 0.29) is 22.9 Å². The molecule has 0 N–H and O–H groups in total. The lowest BCUT2D eigenvalue weighted by Gasteiger charge is -2.46. The minimum Gasteiger partial charge on any atom is -0.454 e. The summed E-state index contributed by atoms with van der Waals surface area (Å²) in [6.07, 6.45) is 6.03. The fraction of sp³-hybridized carbons (Fsp3) is 0.750. The van der Waals surface area contributed by atoms with E-state index < -0.39 is 0 Å². The van der Waals surface area contributed by atoms with Gasteiger partial charge in [-0.15, -0.1) is 0 Å². The van der Waals surface area contributed by atoms with Crippen LogP contribution in [0.2, 0.25) is 0 Å². The molecule has 1 aliphatic carbocycles. The monoisotopic (exact) mass is 194 g/mol. The third-order valence-corrected chi connectivity index (χ3v) is 4.07. The molecule has 0 aromatic carbocycles. The maximum absolute atomic E-state index is 11.6. The SMILES string of the molecule is C=C[C@]12CCC[C@@]1(C)C[C@H](C)C(=O)O2. The summed E-state index contributed by atoms with van der Waals surface area (Å²) in [5, 5.41) is 0. The molecule has 2 aliphatic rings. The lowest BCUT2D eigenvalue weighted by atomic mass is 9.68. The van der Waals surface area contributed by atoms with E-state index >= 15 is 0 Å². The van der Waals surface area contributed by atoms with Crippen LogP contribution in [0.5, 0.6) is 0 Å². The number of ether oxygens (including phenoxy) is 1. The van der Waals surface area contributed by atoms with Gasteiger partial charge in [0.15, 0.2) is 0 Å². The van der Waals surface area contributed by atoms with Gasteiger partial charge in [0, 0.05) is 5.41 Å². The van der Waals surface area contributed by atoms with E-state index in [0.29, 0.717) is 0 Å². The Balaban J connectivity index is 2.36. The zero-order chi connectivity index (χ0) is 10.4. The van der Waals surface area contributed by atoms with Crippen LogP contribution in [0, 0.1) is 11.3 Å². The van der Waals surface area contributed by atoms with Crippen molar-refractivity contribution in [2.75, 3.05) is 0 Å². The Morgan fingerprint density at radius 2 is 2.29 bits per heavy atom. The Kier molecular flexibility index (Phi) is 1.98. The Morgan fingerprint density at radius 3 is 2.93 bits per heavy atom. The Morgan fingerprint density at radius 1 is 1.57 bits per heavy atom. The van der Waals surface area contributed by atoms with Crippen molar-refractivity contribution in [1.82, 2.24) is 0 Å². The molecule has 0 aromatic heterocycles. The second-order valence-corrected chi connectivity index (χ2v) is 5.03. The van der Waals surface area contributed by atoms with Gasteiger partial charge in [0.25, 0.3) is 0 Å². The first-order valence-corrected chi connectivity index (χ1v) is 5.39. The number of hydrogen-bond acceptors (Lipinski definition) is 2. The van der Waals surface area contributed by atoms with Crippen LogP contribution in [-0.2, 0) is 9.53 Å². The summed E-state index contributed by atoms with van der Waals surface area (Å²) in [5.74, 6) is -0.00421. The van der Waals surface area contributed by atoms with Crippen LogP contribution in [0.25, 0.3) is 0 Å². The molecule has 1 heterocycles. The smallest absolute Gasteiger partial charge is 0.309 e. The summed E-state index contributed by atoms with van der Waals surface area (Å²) in [6, 6.07) is 0. The van der Waals surface area contributed by atoms with E-state index in [1.165, 1.54) is 0 Å². The number of fused-ring (bicyclic) bond motifs is 1. The van der Waals surface area contributed by atoms with E-state index in [4.69, 9.17) is 4.74 Å². The molecule has 78 valence electrons. The van der Waals surface area contributed by atoms with Crippen LogP contribution in [-0.4, -0.2) is 11.6 Å². The zero-order valence-corrected chi connectivity index (χ0v) is 9.01. The van der Waals surface area contributed by atoms with Gasteiger partial charge >= 0.3 is 5.97 Å². The highest BCUT2D eigenvalue weighted by Crippen LogP contribution is 2.55. The number of carbonyl (C=O) groups is 1. The Bertz CT molecular complexity index is 284. The van der Waals surface area contributed by atoms with E-state index in [9.17, 15) is 4.79 Å². The second kappa shape index (κ2) is 2.85. The zero-order valence-electron chi connectivity index (χ0n) is 9.01. The molecule has 1 saturated carbocycles. The van der Waals surface area contributed by atoms with E-state index in [2.05, 4.69) is 13.5 Å². The molecule has 1 aliphatic heterocycles. The highest BCUT2D eigenvalue weighted by Gasteiger charge is 2.57. The van der Waals surface area contributed by atoms with Crippen molar-refractivity contribution in [3.63, 3.8) is 0 Å². The van der Waals surface area contributed by atoms with Crippen molar-refractivity contribution in [2.45, 2.75) is 45.1 Å². The summed E-state index contributed by atoms with van der Waals surface area (Å²) >= 11 is 0. The van der Waals surface area contributed by atoms with Crippen LogP contribution < -0.4 is 0 Å². The highest BCUT2D eigenvalue weighted by molar-refractivity contribution is 5.74. The van der Waals surface area contributed by atoms with Crippen LogP contribution >= 0.6 is 0 Å². The molecular weight excluding hydrogens is 176 g/mol. The Hall–Kier alpha value is -0.790. The number of carbonyl (C=O) groups excluding carboxylic acids is 1. The van der Waals surface area contributed by atoms with Gasteiger partial charge in [-0.1, -0.05) is 20.4 Å². The van der Waals surface area contributed by atoms with Gasteiger partial charge in [-0.05, 0) is 31.8 Å².